The molecule has 0 aromatic carbocycles. The van der Waals surface area contributed by atoms with Crippen LogP contribution < -0.4 is 0 Å². The van der Waals surface area contributed by atoms with Gasteiger partial charge in [0.2, 0.25) is 0 Å². The van der Waals surface area contributed by atoms with E-state index < -0.39 is 29.8 Å². The average molecular weight is 441 g/mol. The smallest absolute Gasteiger partial charge is 0.255 e. The highest BCUT2D eigenvalue weighted by atomic mass is 16.2. The van der Waals surface area contributed by atoms with Crippen molar-refractivity contribution < 1.29 is 28.8 Å². The van der Waals surface area contributed by atoms with E-state index >= 15 is 0 Å². The number of imide groups is 3. The standard InChI is InChI=1S/C23H27N3O6/c27-18-10-11-19(28)24(18)16-8-6-4-2-1-3-5-7-9-17(25-20(29)12-13-21(25)30)26-22(31)14-15-23(26)32/h10-15,17H,1-9,16H2. The van der Waals surface area contributed by atoms with Gasteiger partial charge in [0.05, 0.1) is 0 Å². The van der Waals surface area contributed by atoms with Crippen LogP contribution in [0.25, 0.3) is 0 Å². The fourth-order valence-electron chi connectivity index (χ4n) is 4.09. The van der Waals surface area contributed by atoms with E-state index in [1.165, 1.54) is 17.1 Å². The van der Waals surface area contributed by atoms with Gasteiger partial charge in [-0.2, -0.15) is 0 Å². The summed E-state index contributed by atoms with van der Waals surface area (Å²) < 4.78 is 0. The molecule has 32 heavy (non-hydrogen) atoms. The largest absolute Gasteiger partial charge is 0.275 e. The van der Waals surface area contributed by atoms with E-state index in [2.05, 4.69) is 0 Å². The first-order valence-electron chi connectivity index (χ1n) is 11.0. The first-order chi connectivity index (χ1) is 15.4. The molecule has 0 spiro atoms. The van der Waals surface area contributed by atoms with E-state index in [1.54, 1.807) is 0 Å². The van der Waals surface area contributed by atoms with Crippen molar-refractivity contribution in [2.24, 2.45) is 0 Å². The first kappa shape index (κ1) is 23.3. The van der Waals surface area contributed by atoms with Gasteiger partial charge >= 0.3 is 0 Å². The maximum atomic E-state index is 12.1. The van der Waals surface area contributed by atoms with Crippen LogP contribution in [-0.4, -0.2) is 62.9 Å². The molecule has 3 rings (SSSR count). The molecule has 0 atom stereocenters. The number of nitrogens with zero attached hydrogens (tertiary/aromatic N) is 3. The molecule has 0 aliphatic carbocycles. The molecule has 0 saturated carbocycles. The lowest BCUT2D eigenvalue weighted by Crippen LogP contribution is -2.53. The van der Waals surface area contributed by atoms with Gasteiger partial charge in [0.15, 0.2) is 0 Å². The molecule has 0 N–H and O–H groups in total. The quantitative estimate of drug-likeness (QED) is 0.317. The predicted molar refractivity (Wildman–Crippen MR) is 113 cm³/mol. The molecular formula is C23H27N3O6. The molecule has 0 bridgehead atoms. The van der Waals surface area contributed by atoms with Crippen molar-refractivity contribution in [1.82, 2.24) is 14.7 Å². The van der Waals surface area contributed by atoms with Crippen LogP contribution in [0.1, 0.15) is 57.8 Å². The zero-order chi connectivity index (χ0) is 23.1. The molecule has 170 valence electrons. The number of carbonyl (C=O) groups excluding carboxylic acids is 6. The zero-order valence-electron chi connectivity index (χ0n) is 17.9. The van der Waals surface area contributed by atoms with E-state index in [0.717, 1.165) is 79.0 Å². The molecule has 0 fully saturated rings. The van der Waals surface area contributed by atoms with Crippen molar-refractivity contribution in [3.05, 3.63) is 36.5 Å². The second-order valence-corrected chi connectivity index (χ2v) is 8.02. The molecule has 9 nitrogen and oxygen atoms in total. The van der Waals surface area contributed by atoms with Gasteiger partial charge in [0.25, 0.3) is 35.4 Å². The Morgan fingerprint density at radius 2 is 0.812 bits per heavy atom. The summed E-state index contributed by atoms with van der Waals surface area (Å²) in [5.74, 6) is -2.54. The molecule has 0 radical (unpaired) electrons. The maximum Gasteiger partial charge on any atom is 0.255 e. The Kier molecular flexibility index (Phi) is 7.86. The van der Waals surface area contributed by atoms with Crippen molar-refractivity contribution >= 4 is 35.4 Å². The maximum absolute atomic E-state index is 12.1. The predicted octanol–water partition coefficient (Wildman–Crippen LogP) is 1.60. The third kappa shape index (κ3) is 5.46. The van der Waals surface area contributed by atoms with Gasteiger partial charge in [0, 0.05) is 43.0 Å². The summed E-state index contributed by atoms with van der Waals surface area (Å²) in [5.41, 5.74) is 0. The monoisotopic (exact) mass is 441 g/mol. The minimum Gasteiger partial charge on any atom is -0.275 e. The Hall–Kier alpha value is -3.36. The first-order valence-corrected chi connectivity index (χ1v) is 11.0. The fourth-order valence-corrected chi connectivity index (χ4v) is 4.09. The molecular weight excluding hydrogens is 414 g/mol. The van der Waals surface area contributed by atoms with Crippen LogP contribution in [0.2, 0.25) is 0 Å². The van der Waals surface area contributed by atoms with E-state index in [1.807, 2.05) is 0 Å². The summed E-state index contributed by atoms with van der Waals surface area (Å²) in [6.45, 7) is 0.456. The normalized spacial score (nSPS) is 18.1. The zero-order valence-corrected chi connectivity index (χ0v) is 17.9. The van der Waals surface area contributed by atoms with Crippen molar-refractivity contribution in [1.29, 1.82) is 0 Å². The van der Waals surface area contributed by atoms with E-state index in [9.17, 15) is 28.8 Å². The van der Waals surface area contributed by atoms with Gasteiger partial charge in [-0.1, -0.05) is 38.5 Å². The highest BCUT2D eigenvalue weighted by molar-refractivity contribution is 6.16. The van der Waals surface area contributed by atoms with Crippen molar-refractivity contribution in [3.63, 3.8) is 0 Å². The van der Waals surface area contributed by atoms with Crippen LogP contribution in [0.3, 0.4) is 0 Å². The van der Waals surface area contributed by atoms with Crippen LogP contribution in [0.4, 0.5) is 0 Å². The minimum absolute atomic E-state index is 0.241. The van der Waals surface area contributed by atoms with Gasteiger partial charge in [-0.15, -0.1) is 0 Å². The molecule has 9 heteroatoms. The second kappa shape index (κ2) is 10.8. The SMILES string of the molecule is O=C1C=CC(=O)N1CCCCCCCCCCC(N1C(=O)C=CC1=O)N1C(=O)C=CC1=O. The topological polar surface area (TPSA) is 112 Å². The van der Waals surface area contributed by atoms with E-state index in [4.69, 9.17) is 0 Å². The van der Waals surface area contributed by atoms with Crippen LogP contribution in [0.5, 0.6) is 0 Å². The van der Waals surface area contributed by atoms with Crippen LogP contribution >= 0.6 is 0 Å². The van der Waals surface area contributed by atoms with Gasteiger partial charge in [-0.25, -0.2) is 0 Å². The van der Waals surface area contributed by atoms with Crippen LogP contribution in [0, 0.1) is 0 Å². The lowest BCUT2D eigenvalue weighted by molar-refractivity contribution is -0.152. The number of amides is 6. The lowest BCUT2D eigenvalue weighted by atomic mass is 10.1. The molecule has 0 aromatic rings. The second-order valence-electron chi connectivity index (χ2n) is 8.02. The van der Waals surface area contributed by atoms with E-state index in [0.29, 0.717) is 19.4 Å². The van der Waals surface area contributed by atoms with Crippen LogP contribution in [-0.2, 0) is 28.8 Å². The summed E-state index contributed by atoms with van der Waals surface area (Å²) >= 11 is 0. The number of hydrogen-bond acceptors (Lipinski definition) is 6. The third-order valence-electron chi connectivity index (χ3n) is 5.78. The van der Waals surface area contributed by atoms with E-state index in [-0.39, 0.29) is 11.8 Å². The molecule has 6 amide bonds. The van der Waals surface area contributed by atoms with Gasteiger partial charge in [-0.3, -0.25) is 43.5 Å². The van der Waals surface area contributed by atoms with Gasteiger partial charge < -0.3 is 0 Å². The summed E-state index contributed by atoms with van der Waals surface area (Å²) in [6, 6.07) is 0. The Morgan fingerprint density at radius 3 is 1.25 bits per heavy atom. The van der Waals surface area contributed by atoms with Crippen molar-refractivity contribution in [2.45, 2.75) is 64.0 Å². The van der Waals surface area contributed by atoms with Gasteiger partial charge in [0.1, 0.15) is 6.17 Å². The van der Waals surface area contributed by atoms with Gasteiger partial charge in [-0.05, 0) is 19.3 Å². The molecule has 0 saturated heterocycles. The number of hydrogen-bond donors (Lipinski definition) is 0. The molecule has 0 unspecified atom stereocenters. The Bertz CT molecular complexity index is 807. The Morgan fingerprint density at radius 1 is 0.469 bits per heavy atom. The summed E-state index contributed by atoms with van der Waals surface area (Å²) in [6.07, 6.45) is 13.9. The average Bonchev–Trinajstić information content (AvgIpc) is 3.39. The number of rotatable bonds is 13. The third-order valence-corrected chi connectivity index (χ3v) is 5.78. The van der Waals surface area contributed by atoms with Crippen molar-refractivity contribution in [2.75, 3.05) is 6.54 Å². The minimum atomic E-state index is -0.898. The summed E-state index contributed by atoms with van der Waals surface area (Å²) in [7, 11) is 0. The molecule has 3 heterocycles. The molecule has 3 aliphatic heterocycles. The Labute approximate surface area is 186 Å². The number of unbranched alkanes of at least 4 members (excludes halogenated alkanes) is 7. The fraction of sp³-hybridized carbons (Fsp3) is 0.478. The van der Waals surface area contributed by atoms with Crippen molar-refractivity contribution in [3.8, 4) is 0 Å². The highest BCUT2D eigenvalue weighted by Crippen LogP contribution is 2.22. The summed E-state index contributed by atoms with van der Waals surface area (Å²) in [5, 5.41) is 0. The van der Waals surface area contributed by atoms with Crippen LogP contribution in [0.15, 0.2) is 36.5 Å². The summed E-state index contributed by atoms with van der Waals surface area (Å²) in [4.78, 5) is 74.5. The Balaban J connectivity index is 1.32. The highest BCUT2D eigenvalue weighted by Gasteiger charge is 2.40. The number of carbonyl (C=O) groups is 6. The molecule has 3 aliphatic rings. The molecule has 0 aromatic heterocycles. The lowest BCUT2D eigenvalue weighted by Gasteiger charge is -2.32.